The van der Waals surface area contributed by atoms with Crippen LogP contribution < -0.4 is 0 Å². The Balaban J connectivity index is 1.39. The van der Waals surface area contributed by atoms with Crippen LogP contribution in [0.4, 0.5) is 0 Å². The molecule has 0 saturated carbocycles. The van der Waals surface area contributed by atoms with Gasteiger partial charge in [0.15, 0.2) is 4.96 Å². The van der Waals surface area contributed by atoms with E-state index < -0.39 is 0 Å². The second-order valence-corrected chi connectivity index (χ2v) is 10.0. The highest BCUT2D eigenvalue weighted by Gasteiger charge is 2.19. The molecule has 0 aliphatic carbocycles. The highest BCUT2D eigenvalue weighted by Crippen LogP contribution is 2.38. The predicted octanol–water partition coefficient (Wildman–Crippen LogP) is 7.54. The molecule has 0 radical (unpaired) electrons. The average molecular weight is 482 g/mol. The number of hydrogen-bond donors (Lipinski definition) is 0. The zero-order chi connectivity index (χ0) is 23.8. The number of hydrogen-bond acceptors (Lipinski definition) is 4. The summed E-state index contributed by atoms with van der Waals surface area (Å²) in [5.41, 5.74) is 10.4. The number of para-hydroxylation sites is 2. The molecule has 8 aromatic rings. The van der Waals surface area contributed by atoms with Gasteiger partial charge in [0.1, 0.15) is 16.7 Å². The Bertz CT molecular complexity index is 2110. The molecule has 36 heavy (non-hydrogen) atoms. The minimum Gasteiger partial charge on any atom is -0.304 e. The summed E-state index contributed by atoms with van der Waals surface area (Å²) < 4.78 is 5.62. The van der Waals surface area contributed by atoms with Crippen LogP contribution in [-0.2, 0) is 0 Å². The first-order valence-electron chi connectivity index (χ1n) is 11.9. The van der Waals surface area contributed by atoms with Crippen LogP contribution in [0.15, 0.2) is 97.2 Å². The zero-order valence-electron chi connectivity index (χ0n) is 19.4. The van der Waals surface area contributed by atoms with Crippen molar-refractivity contribution < 1.29 is 0 Å². The molecule has 0 spiro atoms. The van der Waals surface area contributed by atoms with Gasteiger partial charge in [-0.25, -0.2) is 15.0 Å². The summed E-state index contributed by atoms with van der Waals surface area (Å²) in [6.45, 7) is 2.11. The van der Waals surface area contributed by atoms with E-state index in [4.69, 9.17) is 15.0 Å². The van der Waals surface area contributed by atoms with Gasteiger partial charge in [-0.15, -0.1) is 0 Å². The van der Waals surface area contributed by atoms with Crippen LogP contribution in [0.3, 0.4) is 0 Å². The fourth-order valence-electron chi connectivity index (χ4n) is 5.25. The normalized spacial score (nSPS) is 12.0. The van der Waals surface area contributed by atoms with E-state index in [1.165, 1.54) is 4.70 Å². The SMILES string of the molecule is Cc1c(-c2ccc(-c3nc4ccccc4c4nc5sc6ccccc6n5c34)cc2)nc2ccccn12. The van der Waals surface area contributed by atoms with Crippen LogP contribution in [0.2, 0.25) is 0 Å². The molecule has 3 aromatic carbocycles. The summed E-state index contributed by atoms with van der Waals surface area (Å²) in [6.07, 6.45) is 2.06. The number of thiazole rings is 1. The van der Waals surface area contributed by atoms with Crippen molar-refractivity contribution in [3.63, 3.8) is 0 Å². The summed E-state index contributed by atoms with van der Waals surface area (Å²) in [4.78, 5) is 16.1. The van der Waals surface area contributed by atoms with Gasteiger partial charge in [-0.1, -0.05) is 72.0 Å². The van der Waals surface area contributed by atoms with Gasteiger partial charge in [0.2, 0.25) is 0 Å². The fourth-order valence-corrected chi connectivity index (χ4v) is 6.27. The number of fused-ring (bicyclic) bond motifs is 8. The maximum absolute atomic E-state index is 5.16. The molecule has 6 heteroatoms. The van der Waals surface area contributed by atoms with Crippen molar-refractivity contribution in [1.82, 2.24) is 23.8 Å². The van der Waals surface area contributed by atoms with Crippen LogP contribution in [0.1, 0.15) is 5.69 Å². The van der Waals surface area contributed by atoms with Crippen molar-refractivity contribution in [2.24, 2.45) is 0 Å². The molecule has 0 N–H and O–H groups in total. The van der Waals surface area contributed by atoms with E-state index in [9.17, 15) is 0 Å². The van der Waals surface area contributed by atoms with Gasteiger partial charge < -0.3 is 4.40 Å². The molecular formula is C30H19N5S. The lowest BCUT2D eigenvalue weighted by molar-refractivity contribution is 1.11. The first-order valence-corrected chi connectivity index (χ1v) is 12.7. The molecule has 5 nitrogen and oxygen atoms in total. The molecule has 5 aromatic heterocycles. The molecule has 0 aliphatic heterocycles. The van der Waals surface area contributed by atoms with Crippen molar-refractivity contribution in [3.05, 3.63) is 103 Å². The molecular weight excluding hydrogens is 462 g/mol. The molecule has 170 valence electrons. The predicted molar refractivity (Wildman–Crippen MR) is 148 cm³/mol. The van der Waals surface area contributed by atoms with Gasteiger partial charge in [-0.3, -0.25) is 4.40 Å². The van der Waals surface area contributed by atoms with E-state index in [1.807, 2.05) is 24.3 Å². The number of benzene rings is 3. The van der Waals surface area contributed by atoms with Gasteiger partial charge in [0.05, 0.1) is 27.1 Å². The van der Waals surface area contributed by atoms with Crippen LogP contribution in [0.25, 0.3) is 65.3 Å². The second kappa shape index (κ2) is 7.23. The van der Waals surface area contributed by atoms with Crippen molar-refractivity contribution in [3.8, 4) is 22.5 Å². The van der Waals surface area contributed by atoms with Crippen LogP contribution in [0, 0.1) is 6.92 Å². The van der Waals surface area contributed by atoms with Gasteiger partial charge >= 0.3 is 0 Å². The minimum atomic E-state index is 0.943. The van der Waals surface area contributed by atoms with Gasteiger partial charge in [0.25, 0.3) is 0 Å². The average Bonchev–Trinajstić information content (AvgIpc) is 3.58. The number of aromatic nitrogens is 5. The van der Waals surface area contributed by atoms with Crippen molar-refractivity contribution in [1.29, 1.82) is 0 Å². The maximum atomic E-state index is 5.16. The molecule has 5 heterocycles. The number of nitrogens with zero attached hydrogens (tertiary/aromatic N) is 5. The maximum Gasteiger partial charge on any atom is 0.195 e. The minimum absolute atomic E-state index is 0.943. The van der Waals surface area contributed by atoms with Crippen LogP contribution in [-0.4, -0.2) is 23.8 Å². The Morgan fingerprint density at radius 1 is 0.694 bits per heavy atom. The number of pyridine rings is 2. The summed E-state index contributed by atoms with van der Waals surface area (Å²) in [5, 5.41) is 1.08. The summed E-state index contributed by atoms with van der Waals surface area (Å²) in [5.74, 6) is 0. The zero-order valence-corrected chi connectivity index (χ0v) is 20.2. The molecule has 0 amide bonds. The Morgan fingerprint density at radius 2 is 1.44 bits per heavy atom. The smallest absolute Gasteiger partial charge is 0.195 e. The highest BCUT2D eigenvalue weighted by molar-refractivity contribution is 7.23. The second-order valence-electron chi connectivity index (χ2n) is 9.03. The van der Waals surface area contributed by atoms with E-state index in [1.54, 1.807) is 11.3 Å². The van der Waals surface area contributed by atoms with Gasteiger partial charge in [0, 0.05) is 28.4 Å². The quantitative estimate of drug-likeness (QED) is 0.256. The molecule has 0 saturated heterocycles. The van der Waals surface area contributed by atoms with E-state index in [0.717, 1.165) is 66.3 Å². The first-order chi connectivity index (χ1) is 17.8. The third kappa shape index (κ3) is 2.67. The molecule has 0 fully saturated rings. The Morgan fingerprint density at radius 3 is 2.31 bits per heavy atom. The molecule has 0 atom stereocenters. The Hall–Kier alpha value is -4.55. The first kappa shape index (κ1) is 19.7. The molecule has 0 aliphatic rings. The molecule has 8 rings (SSSR count). The standard InChI is InChI=1S/C30H19N5S/c1-18-26(32-25-12-6-7-17-34(18)25)19-13-15-20(16-14-19)27-29-28(21-8-2-3-9-22(21)31-27)33-30-35(29)23-10-4-5-11-24(23)36-30/h2-17H,1H3. The topological polar surface area (TPSA) is 47.5 Å². The Labute approximate surface area is 209 Å². The fraction of sp³-hybridized carbons (Fsp3) is 0.0333. The van der Waals surface area contributed by atoms with Crippen molar-refractivity contribution in [2.45, 2.75) is 6.92 Å². The third-order valence-corrected chi connectivity index (χ3v) is 7.99. The number of rotatable bonds is 2. The lowest BCUT2D eigenvalue weighted by Crippen LogP contribution is -1.92. The van der Waals surface area contributed by atoms with E-state index >= 15 is 0 Å². The van der Waals surface area contributed by atoms with E-state index in [0.29, 0.717) is 0 Å². The lowest BCUT2D eigenvalue weighted by Gasteiger charge is -2.08. The number of imidazole rings is 2. The highest BCUT2D eigenvalue weighted by atomic mass is 32.1. The van der Waals surface area contributed by atoms with Gasteiger partial charge in [-0.05, 0) is 37.3 Å². The van der Waals surface area contributed by atoms with Crippen molar-refractivity contribution >= 4 is 54.1 Å². The summed E-state index contributed by atoms with van der Waals surface area (Å²) in [7, 11) is 0. The molecule has 0 unspecified atom stereocenters. The summed E-state index contributed by atoms with van der Waals surface area (Å²) >= 11 is 1.72. The van der Waals surface area contributed by atoms with Crippen LogP contribution in [0.5, 0.6) is 0 Å². The summed E-state index contributed by atoms with van der Waals surface area (Å²) in [6, 6.07) is 31.5. The van der Waals surface area contributed by atoms with E-state index in [2.05, 4.69) is 88.7 Å². The number of aryl methyl sites for hydroxylation is 1. The third-order valence-electron chi connectivity index (χ3n) is 6.97. The lowest BCUT2D eigenvalue weighted by atomic mass is 10.0. The van der Waals surface area contributed by atoms with Crippen LogP contribution >= 0.6 is 11.3 Å². The Kier molecular flexibility index (Phi) is 3.96. The van der Waals surface area contributed by atoms with Crippen molar-refractivity contribution in [2.75, 3.05) is 0 Å². The monoisotopic (exact) mass is 481 g/mol. The van der Waals surface area contributed by atoms with Gasteiger partial charge in [-0.2, -0.15) is 0 Å². The molecule has 0 bridgehead atoms. The van der Waals surface area contributed by atoms with E-state index in [-0.39, 0.29) is 0 Å². The largest absolute Gasteiger partial charge is 0.304 e.